The lowest BCUT2D eigenvalue weighted by Crippen LogP contribution is -2.64. The normalized spacial score (nSPS) is 28.8. The summed E-state index contributed by atoms with van der Waals surface area (Å²) in [6.07, 6.45) is 5.18. The van der Waals surface area contributed by atoms with E-state index in [0.29, 0.717) is 6.54 Å². The standard InChI is InChI=1S/C21H24N2O3/c24-18-13-16-17-9-6-10-22-20(25)21(17,23-11-4-1-5-12-23)26-19(16)15-8-3-2-7-14(15)18/h2-3,7-8,13,17,24H,1,4-6,9-12H2,(H,22,25)/t17-,21-/m0/s1. The van der Waals surface area contributed by atoms with Crippen LogP contribution in [-0.4, -0.2) is 41.3 Å². The number of hydrogen-bond acceptors (Lipinski definition) is 4. The van der Waals surface area contributed by atoms with E-state index < -0.39 is 5.72 Å². The van der Waals surface area contributed by atoms with Crippen LogP contribution in [0, 0.1) is 0 Å². The Morgan fingerprint density at radius 1 is 1.12 bits per heavy atom. The minimum Gasteiger partial charge on any atom is -0.507 e. The first-order valence-corrected chi connectivity index (χ1v) is 9.69. The summed E-state index contributed by atoms with van der Waals surface area (Å²) in [7, 11) is 0. The summed E-state index contributed by atoms with van der Waals surface area (Å²) in [5.74, 6) is 0.961. The lowest BCUT2D eigenvalue weighted by Gasteiger charge is -2.43. The van der Waals surface area contributed by atoms with Crippen LogP contribution < -0.4 is 10.1 Å². The van der Waals surface area contributed by atoms with E-state index in [9.17, 15) is 9.90 Å². The number of rotatable bonds is 1. The maximum atomic E-state index is 13.3. The minimum atomic E-state index is -0.976. The van der Waals surface area contributed by atoms with Crippen molar-refractivity contribution in [3.63, 3.8) is 0 Å². The van der Waals surface area contributed by atoms with Gasteiger partial charge < -0.3 is 15.2 Å². The third kappa shape index (κ3) is 2.10. The van der Waals surface area contributed by atoms with Crippen LogP contribution in [0.25, 0.3) is 10.8 Å². The number of ether oxygens (including phenoxy) is 1. The van der Waals surface area contributed by atoms with Crippen LogP contribution in [0.3, 0.4) is 0 Å². The summed E-state index contributed by atoms with van der Waals surface area (Å²) in [5.41, 5.74) is -0.000608. The molecule has 2 fully saturated rings. The van der Waals surface area contributed by atoms with Gasteiger partial charge in [-0.15, -0.1) is 0 Å². The van der Waals surface area contributed by atoms with Crippen molar-refractivity contribution in [3.05, 3.63) is 35.9 Å². The molecule has 3 heterocycles. The van der Waals surface area contributed by atoms with Crippen LogP contribution >= 0.6 is 0 Å². The molecule has 0 unspecified atom stereocenters. The highest BCUT2D eigenvalue weighted by atomic mass is 16.5. The molecule has 0 bridgehead atoms. The molecule has 1 amide bonds. The Morgan fingerprint density at radius 3 is 2.69 bits per heavy atom. The summed E-state index contributed by atoms with van der Waals surface area (Å²) in [6, 6.07) is 9.56. The largest absolute Gasteiger partial charge is 0.507 e. The van der Waals surface area contributed by atoms with Crippen LogP contribution in [-0.2, 0) is 4.79 Å². The van der Waals surface area contributed by atoms with Gasteiger partial charge in [-0.05, 0) is 31.7 Å². The Hall–Kier alpha value is -2.27. The average Bonchev–Trinajstić information content (AvgIpc) is 2.92. The lowest BCUT2D eigenvalue weighted by atomic mass is 9.84. The van der Waals surface area contributed by atoms with Gasteiger partial charge in [0, 0.05) is 36.0 Å². The highest BCUT2D eigenvalue weighted by Gasteiger charge is 2.59. The van der Waals surface area contributed by atoms with Crippen LogP contribution in [0.1, 0.15) is 43.6 Å². The highest BCUT2D eigenvalue weighted by molar-refractivity contribution is 5.97. The molecule has 2 saturated heterocycles. The van der Waals surface area contributed by atoms with E-state index in [0.717, 1.165) is 60.9 Å². The van der Waals surface area contributed by atoms with Crippen molar-refractivity contribution in [3.8, 4) is 11.5 Å². The van der Waals surface area contributed by atoms with Gasteiger partial charge in [0.05, 0.1) is 5.92 Å². The molecule has 3 aliphatic rings. The Balaban J connectivity index is 1.73. The Bertz CT molecular complexity index is 875. The van der Waals surface area contributed by atoms with Crippen molar-refractivity contribution < 1.29 is 14.6 Å². The van der Waals surface area contributed by atoms with E-state index in [1.54, 1.807) is 0 Å². The van der Waals surface area contributed by atoms with E-state index in [1.807, 2.05) is 30.3 Å². The van der Waals surface area contributed by atoms with Crippen molar-refractivity contribution in [2.75, 3.05) is 19.6 Å². The molecule has 0 spiro atoms. The molecule has 3 aliphatic heterocycles. The van der Waals surface area contributed by atoms with Gasteiger partial charge in [-0.3, -0.25) is 9.69 Å². The highest BCUT2D eigenvalue weighted by Crippen LogP contribution is 2.54. The van der Waals surface area contributed by atoms with Gasteiger partial charge in [0.1, 0.15) is 11.5 Å². The maximum Gasteiger partial charge on any atom is 0.280 e. The van der Waals surface area contributed by atoms with Crippen molar-refractivity contribution in [1.29, 1.82) is 0 Å². The third-order valence-corrected chi connectivity index (χ3v) is 6.21. The molecule has 26 heavy (non-hydrogen) atoms. The zero-order chi connectivity index (χ0) is 17.7. The fourth-order valence-electron chi connectivity index (χ4n) is 5.01. The number of carbonyl (C=O) groups excluding carboxylic acids is 1. The van der Waals surface area contributed by atoms with Crippen LogP contribution in [0.2, 0.25) is 0 Å². The maximum absolute atomic E-state index is 13.3. The molecular formula is C21H24N2O3. The Labute approximate surface area is 152 Å². The number of nitrogens with zero attached hydrogens (tertiary/aromatic N) is 1. The van der Waals surface area contributed by atoms with Crippen molar-refractivity contribution in [2.45, 2.75) is 43.7 Å². The third-order valence-electron chi connectivity index (χ3n) is 6.21. The number of nitrogens with one attached hydrogen (secondary N) is 1. The number of piperidine rings is 1. The number of phenolic OH excluding ortho intramolecular Hbond substituents is 1. The van der Waals surface area contributed by atoms with Gasteiger partial charge in [-0.1, -0.05) is 30.7 Å². The van der Waals surface area contributed by atoms with Crippen molar-refractivity contribution in [2.24, 2.45) is 0 Å². The van der Waals surface area contributed by atoms with E-state index in [2.05, 4.69) is 10.2 Å². The SMILES string of the molecule is O=C1NCCC[C@H]2c3cc(O)c4ccccc4c3O[C@]12N1CCCCC1. The monoisotopic (exact) mass is 352 g/mol. The van der Waals surface area contributed by atoms with Gasteiger partial charge in [-0.2, -0.15) is 0 Å². The first-order valence-electron chi connectivity index (χ1n) is 9.69. The van der Waals surface area contributed by atoms with E-state index in [1.165, 1.54) is 6.42 Å². The van der Waals surface area contributed by atoms with E-state index >= 15 is 0 Å². The van der Waals surface area contributed by atoms with Crippen LogP contribution in [0.5, 0.6) is 11.5 Å². The molecule has 5 nitrogen and oxygen atoms in total. The number of carbonyl (C=O) groups is 1. The topological polar surface area (TPSA) is 61.8 Å². The molecule has 0 aromatic heterocycles. The van der Waals surface area contributed by atoms with Crippen molar-refractivity contribution >= 4 is 16.7 Å². The number of benzene rings is 2. The molecule has 136 valence electrons. The molecule has 0 radical (unpaired) electrons. The predicted octanol–water partition coefficient (Wildman–Crippen LogP) is 3.11. The van der Waals surface area contributed by atoms with Crippen LogP contribution in [0.4, 0.5) is 0 Å². The molecule has 5 rings (SSSR count). The van der Waals surface area contributed by atoms with Gasteiger partial charge in [-0.25, -0.2) is 0 Å². The Kier molecular flexibility index (Phi) is 3.60. The molecule has 5 heteroatoms. The second-order valence-corrected chi connectivity index (χ2v) is 7.66. The molecule has 0 saturated carbocycles. The predicted molar refractivity (Wildman–Crippen MR) is 99.4 cm³/mol. The number of amides is 1. The summed E-state index contributed by atoms with van der Waals surface area (Å²) in [5, 5.41) is 15.3. The van der Waals surface area contributed by atoms with Gasteiger partial charge in [0.15, 0.2) is 0 Å². The quantitative estimate of drug-likeness (QED) is 0.828. The summed E-state index contributed by atoms with van der Waals surface area (Å²) in [4.78, 5) is 15.5. The first-order chi connectivity index (χ1) is 12.7. The van der Waals surface area contributed by atoms with Crippen LogP contribution in [0.15, 0.2) is 30.3 Å². The van der Waals surface area contributed by atoms with E-state index in [-0.39, 0.29) is 17.6 Å². The zero-order valence-corrected chi connectivity index (χ0v) is 14.8. The smallest absolute Gasteiger partial charge is 0.280 e. The number of likely N-dealkylation sites (tertiary alicyclic amines) is 1. The fourth-order valence-corrected chi connectivity index (χ4v) is 5.01. The number of hydrogen-bond donors (Lipinski definition) is 2. The molecule has 2 aromatic carbocycles. The number of phenols is 1. The van der Waals surface area contributed by atoms with Crippen molar-refractivity contribution in [1.82, 2.24) is 10.2 Å². The molecule has 2 atom stereocenters. The van der Waals surface area contributed by atoms with Gasteiger partial charge in [0.2, 0.25) is 5.72 Å². The second-order valence-electron chi connectivity index (χ2n) is 7.66. The molecule has 0 aliphatic carbocycles. The minimum absolute atomic E-state index is 0.0262. The second kappa shape index (κ2) is 5.88. The molecular weight excluding hydrogens is 328 g/mol. The first kappa shape index (κ1) is 15.9. The summed E-state index contributed by atoms with van der Waals surface area (Å²) in [6.45, 7) is 2.44. The summed E-state index contributed by atoms with van der Waals surface area (Å²) < 4.78 is 6.60. The Morgan fingerprint density at radius 2 is 1.88 bits per heavy atom. The molecule has 2 aromatic rings. The van der Waals surface area contributed by atoms with Gasteiger partial charge in [0.25, 0.3) is 5.91 Å². The van der Waals surface area contributed by atoms with E-state index in [4.69, 9.17) is 4.74 Å². The fraction of sp³-hybridized carbons (Fsp3) is 0.476. The lowest BCUT2D eigenvalue weighted by molar-refractivity contribution is -0.158. The van der Waals surface area contributed by atoms with Gasteiger partial charge >= 0.3 is 0 Å². The molecule has 2 N–H and O–H groups in total. The zero-order valence-electron chi connectivity index (χ0n) is 14.8. The summed E-state index contributed by atoms with van der Waals surface area (Å²) >= 11 is 0. The number of fused-ring (bicyclic) bond motifs is 5. The average molecular weight is 352 g/mol. The number of aromatic hydroxyl groups is 1.